The summed E-state index contributed by atoms with van der Waals surface area (Å²) in [6.45, 7) is 0. The Balaban J connectivity index is 2.22. The van der Waals surface area contributed by atoms with Gasteiger partial charge in [0.05, 0.1) is 0 Å². The van der Waals surface area contributed by atoms with Crippen LogP contribution in [-0.2, 0) is 0 Å². The van der Waals surface area contributed by atoms with E-state index >= 15 is 0 Å². The highest BCUT2D eigenvalue weighted by atomic mass is 19.2. The summed E-state index contributed by atoms with van der Waals surface area (Å²) in [6, 6.07) is 4.37. The molecule has 0 amide bonds. The van der Waals surface area contributed by atoms with Crippen LogP contribution in [0.2, 0.25) is 0 Å². The van der Waals surface area contributed by atoms with Crippen molar-refractivity contribution >= 4 is 10.9 Å². The Kier molecular flexibility index (Phi) is 1.46. The van der Waals surface area contributed by atoms with E-state index in [2.05, 4.69) is 4.98 Å². The van der Waals surface area contributed by atoms with Gasteiger partial charge in [0.2, 0.25) is 0 Å². The van der Waals surface area contributed by atoms with Gasteiger partial charge in [0.25, 0.3) is 0 Å². The number of aromatic nitrogens is 1. The van der Waals surface area contributed by atoms with Crippen LogP contribution in [0.1, 0.15) is 24.5 Å². The van der Waals surface area contributed by atoms with Crippen LogP contribution in [0.25, 0.3) is 10.9 Å². The topological polar surface area (TPSA) is 15.8 Å². The second-order valence-corrected chi connectivity index (χ2v) is 3.85. The van der Waals surface area contributed by atoms with E-state index in [-0.39, 0.29) is 0 Å². The number of hydrogen-bond donors (Lipinski definition) is 1. The third-order valence-electron chi connectivity index (χ3n) is 2.70. The minimum atomic E-state index is -0.790. The lowest BCUT2D eigenvalue weighted by Crippen LogP contribution is -1.82. The van der Waals surface area contributed by atoms with Gasteiger partial charge in [-0.05, 0) is 30.9 Å². The summed E-state index contributed by atoms with van der Waals surface area (Å²) in [5.74, 6) is -0.992. The predicted molar refractivity (Wildman–Crippen MR) is 50.2 cm³/mol. The van der Waals surface area contributed by atoms with Crippen LogP contribution in [0.3, 0.4) is 0 Å². The molecule has 3 rings (SSSR count). The Hall–Kier alpha value is -1.38. The number of H-pyrrole nitrogens is 1. The molecule has 0 atom stereocenters. The molecule has 1 N–H and O–H groups in total. The maximum Gasteiger partial charge on any atom is 0.160 e. The van der Waals surface area contributed by atoms with E-state index in [4.69, 9.17) is 0 Å². The van der Waals surface area contributed by atoms with Crippen molar-refractivity contribution < 1.29 is 8.78 Å². The minimum Gasteiger partial charge on any atom is -0.358 e. The molecule has 0 saturated heterocycles. The van der Waals surface area contributed by atoms with E-state index in [1.54, 1.807) is 0 Å². The molecule has 72 valence electrons. The van der Waals surface area contributed by atoms with Crippen molar-refractivity contribution in [3.63, 3.8) is 0 Å². The molecule has 0 spiro atoms. The second-order valence-electron chi connectivity index (χ2n) is 3.85. The standard InChI is InChI=1S/C11H9F2N/c12-8-3-7-4-10(6-1-2-6)14-11(7)5-9(8)13/h3-6,14H,1-2H2. The third kappa shape index (κ3) is 1.12. The monoisotopic (exact) mass is 193 g/mol. The molecule has 0 radical (unpaired) electrons. The van der Waals surface area contributed by atoms with Gasteiger partial charge in [-0.15, -0.1) is 0 Å². The zero-order chi connectivity index (χ0) is 9.71. The number of nitrogens with one attached hydrogen (secondary N) is 1. The number of hydrogen-bond acceptors (Lipinski definition) is 0. The second kappa shape index (κ2) is 2.56. The van der Waals surface area contributed by atoms with E-state index in [0.717, 1.165) is 11.1 Å². The Labute approximate surface area is 79.7 Å². The number of fused-ring (bicyclic) bond motifs is 1. The molecule has 1 aromatic carbocycles. The number of rotatable bonds is 1. The van der Waals surface area contributed by atoms with Gasteiger partial charge in [-0.3, -0.25) is 0 Å². The van der Waals surface area contributed by atoms with Crippen LogP contribution in [0.15, 0.2) is 18.2 Å². The Morgan fingerprint density at radius 3 is 2.50 bits per heavy atom. The molecule has 1 aromatic heterocycles. The lowest BCUT2D eigenvalue weighted by Gasteiger charge is -1.92. The summed E-state index contributed by atoms with van der Waals surface area (Å²) >= 11 is 0. The Bertz CT molecular complexity index is 458. The SMILES string of the molecule is Fc1cc2cc(C3CC3)[nH]c2cc1F. The van der Waals surface area contributed by atoms with Gasteiger partial charge in [0.15, 0.2) is 11.6 Å². The van der Waals surface area contributed by atoms with Crippen LogP contribution in [-0.4, -0.2) is 4.98 Å². The van der Waals surface area contributed by atoms with Crippen LogP contribution >= 0.6 is 0 Å². The van der Waals surface area contributed by atoms with Gasteiger partial charge in [0, 0.05) is 22.7 Å². The number of benzene rings is 1. The molecule has 1 nitrogen and oxygen atoms in total. The molecule has 0 unspecified atom stereocenters. The van der Waals surface area contributed by atoms with Gasteiger partial charge in [-0.1, -0.05) is 0 Å². The van der Waals surface area contributed by atoms with E-state index in [1.165, 1.54) is 25.0 Å². The zero-order valence-corrected chi connectivity index (χ0v) is 7.48. The van der Waals surface area contributed by atoms with Crippen LogP contribution in [0.4, 0.5) is 8.78 Å². The molecule has 1 fully saturated rings. The molecule has 1 aliphatic carbocycles. The summed E-state index contributed by atoms with van der Waals surface area (Å²) in [4.78, 5) is 3.12. The van der Waals surface area contributed by atoms with Gasteiger partial charge in [-0.2, -0.15) is 0 Å². The lowest BCUT2D eigenvalue weighted by molar-refractivity contribution is 0.511. The summed E-state index contributed by atoms with van der Waals surface area (Å²) < 4.78 is 25.8. The fourth-order valence-electron chi connectivity index (χ4n) is 1.76. The van der Waals surface area contributed by atoms with Crippen molar-refractivity contribution in [2.24, 2.45) is 0 Å². The van der Waals surface area contributed by atoms with Crippen molar-refractivity contribution in [1.82, 2.24) is 4.98 Å². The highest BCUT2D eigenvalue weighted by Crippen LogP contribution is 2.40. The average molecular weight is 193 g/mol. The smallest absolute Gasteiger partial charge is 0.160 e. The summed E-state index contributed by atoms with van der Waals surface area (Å²) in [7, 11) is 0. The first-order valence-electron chi connectivity index (χ1n) is 4.72. The first-order chi connectivity index (χ1) is 6.74. The minimum absolute atomic E-state index is 0.577. The molecule has 1 saturated carbocycles. The van der Waals surface area contributed by atoms with Crippen molar-refractivity contribution in [1.29, 1.82) is 0 Å². The number of halogens is 2. The van der Waals surface area contributed by atoms with Crippen LogP contribution in [0.5, 0.6) is 0 Å². The molecule has 2 aromatic rings. The first-order valence-corrected chi connectivity index (χ1v) is 4.72. The molecule has 3 heteroatoms. The highest BCUT2D eigenvalue weighted by molar-refractivity contribution is 5.80. The summed E-state index contributed by atoms with van der Waals surface area (Å²) in [5.41, 5.74) is 1.79. The molecule has 14 heavy (non-hydrogen) atoms. The summed E-state index contributed by atoms with van der Waals surface area (Å²) in [5, 5.41) is 0.755. The molecule has 0 aliphatic heterocycles. The van der Waals surface area contributed by atoms with Crippen LogP contribution < -0.4 is 0 Å². The summed E-state index contributed by atoms with van der Waals surface area (Å²) in [6.07, 6.45) is 2.36. The third-order valence-corrected chi connectivity index (χ3v) is 2.70. The van der Waals surface area contributed by atoms with E-state index < -0.39 is 11.6 Å². The molecular formula is C11H9F2N. The largest absolute Gasteiger partial charge is 0.358 e. The van der Waals surface area contributed by atoms with Crippen molar-refractivity contribution in [3.05, 3.63) is 35.5 Å². The van der Waals surface area contributed by atoms with Gasteiger partial charge >= 0.3 is 0 Å². The lowest BCUT2D eigenvalue weighted by atomic mass is 10.2. The molecule has 1 heterocycles. The molecule has 0 bridgehead atoms. The van der Waals surface area contributed by atoms with Crippen molar-refractivity contribution in [2.75, 3.05) is 0 Å². The van der Waals surface area contributed by atoms with E-state index in [9.17, 15) is 8.78 Å². The van der Waals surface area contributed by atoms with Gasteiger partial charge in [0.1, 0.15) is 0 Å². The van der Waals surface area contributed by atoms with Crippen molar-refractivity contribution in [3.8, 4) is 0 Å². The molecule has 1 aliphatic rings. The fraction of sp³-hybridized carbons (Fsp3) is 0.273. The van der Waals surface area contributed by atoms with E-state index in [0.29, 0.717) is 11.4 Å². The van der Waals surface area contributed by atoms with Crippen molar-refractivity contribution in [2.45, 2.75) is 18.8 Å². The van der Waals surface area contributed by atoms with E-state index in [1.807, 2.05) is 6.07 Å². The Morgan fingerprint density at radius 1 is 1.07 bits per heavy atom. The number of aromatic amines is 1. The zero-order valence-electron chi connectivity index (χ0n) is 7.48. The Morgan fingerprint density at radius 2 is 1.79 bits per heavy atom. The predicted octanol–water partition coefficient (Wildman–Crippen LogP) is 3.32. The highest BCUT2D eigenvalue weighted by Gasteiger charge is 2.25. The first kappa shape index (κ1) is 7.97. The maximum absolute atomic E-state index is 12.9. The average Bonchev–Trinajstić information content (AvgIpc) is 2.90. The quantitative estimate of drug-likeness (QED) is 0.715. The molecular weight excluding hydrogens is 184 g/mol. The van der Waals surface area contributed by atoms with Crippen LogP contribution in [0, 0.1) is 11.6 Å². The maximum atomic E-state index is 12.9. The fourth-order valence-corrected chi connectivity index (χ4v) is 1.76. The normalized spacial score (nSPS) is 16.4. The van der Waals surface area contributed by atoms with Gasteiger partial charge < -0.3 is 4.98 Å². The van der Waals surface area contributed by atoms with Gasteiger partial charge in [-0.25, -0.2) is 8.78 Å².